The van der Waals surface area contributed by atoms with Crippen LogP contribution in [0.15, 0.2) is 24.3 Å². The van der Waals surface area contributed by atoms with E-state index in [2.05, 4.69) is 0 Å². The van der Waals surface area contributed by atoms with Crippen molar-refractivity contribution in [2.75, 3.05) is 0 Å². The van der Waals surface area contributed by atoms with E-state index in [1.165, 1.54) is 12.1 Å². The molecule has 0 heterocycles. The highest BCUT2D eigenvalue weighted by molar-refractivity contribution is 5.37. The lowest BCUT2D eigenvalue weighted by Gasteiger charge is -2.48. The fourth-order valence-corrected chi connectivity index (χ4v) is 3.81. The Bertz CT molecular complexity index is 543. The predicted octanol–water partition coefficient (Wildman–Crippen LogP) is 3.22. The first kappa shape index (κ1) is 13.0. The first-order valence-corrected chi connectivity index (χ1v) is 6.87. The summed E-state index contributed by atoms with van der Waals surface area (Å²) in [4.78, 5) is 21.4. The van der Waals surface area contributed by atoms with Gasteiger partial charge in [-0.25, -0.2) is 0 Å². The Kier molecular flexibility index (Phi) is 2.77. The van der Waals surface area contributed by atoms with Crippen molar-refractivity contribution in [1.82, 2.24) is 0 Å². The Morgan fingerprint density at radius 3 is 1.75 bits per heavy atom. The van der Waals surface area contributed by atoms with Crippen LogP contribution in [0.4, 0.5) is 5.69 Å². The highest BCUT2D eigenvalue weighted by Gasteiger charge is 2.56. The maximum absolute atomic E-state index is 11.2. The van der Waals surface area contributed by atoms with Crippen molar-refractivity contribution in [3.05, 3.63) is 50.1 Å². The molecule has 1 aromatic rings. The molecule has 0 spiro atoms. The lowest BCUT2D eigenvalue weighted by Crippen LogP contribution is -2.52. The molecule has 3 aliphatic carbocycles. The van der Waals surface area contributed by atoms with E-state index < -0.39 is 10.5 Å². The third-order valence-corrected chi connectivity index (χ3v) is 5.28. The molecule has 0 unspecified atom stereocenters. The van der Waals surface area contributed by atoms with Gasteiger partial charge in [-0.3, -0.25) is 20.2 Å². The molecule has 3 aliphatic rings. The molecule has 6 heteroatoms. The molecule has 0 amide bonds. The van der Waals surface area contributed by atoms with Gasteiger partial charge in [-0.15, -0.1) is 0 Å². The van der Waals surface area contributed by atoms with Crippen LogP contribution in [0.5, 0.6) is 0 Å². The molecule has 0 aliphatic heterocycles. The standard InChI is InChI=1S/C14H16N2O4/c17-15(18)12-3-1-11(2-4-12)13-5-8-14(9-6-13,10-7-13)16(19)20/h1-4H,5-10H2. The van der Waals surface area contributed by atoms with Crippen LogP contribution in [0.25, 0.3) is 0 Å². The normalized spacial score (nSPS) is 32.0. The molecule has 1 aromatic carbocycles. The average Bonchev–Trinajstić information content (AvgIpc) is 2.49. The van der Waals surface area contributed by atoms with E-state index in [1.807, 2.05) is 12.1 Å². The lowest BCUT2D eigenvalue weighted by molar-refractivity contribution is -0.582. The zero-order valence-corrected chi connectivity index (χ0v) is 11.1. The Morgan fingerprint density at radius 2 is 1.35 bits per heavy atom. The number of fused-ring (bicyclic) bond motifs is 3. The average molecular weight is 276 g/mol. The first-order chi connectivity index (χ1) is 9.47. The summed E-state index contributed by atoms with van der Waals surface area (Å²) < 4.78 is 0. The largest absolute Gasteiger partial charge is 0.269 e. The molecule has 0 N–H and O–H groups in total. The van der Waals surface area contributed by atoms with Gasteiger partial charge in [0.25, 0.3) is 5.69 Å². The van der Waals surface area contributed by atoms with Gasteiger partial charge in [0.2, 0.25) is 5.54 Å². The Hall–Kier alpha value is -1.98. The molecule has 6 nitrogen and oxygen atoms in total. The maximum Gasteiger partial charge on any atom is 0.269 e. The highest BCUT2D eigenvalue weighted by Crippen LogP contribution is 2.54. The molecule has 3 saturated carbocycles. The minimum atomic E-state index is -0.706. The quantitative estimate of drug-likeness (QED) is 0.626. The molecule has 4 rings (SSSR count). The molecule has 0 radical (unpaired) electrons. The van der Waals surface area contributed by atoms with Crippen molar-refractivity contribution in [1.29, 1.82) is 0 Å². The molecular weight excluding hydrogens is 260 g/mol. The summed E-state index contributed by atoms with van der Waals surface area (Å²) in [5.41, 5.74) is 0.478. The van der Waals surface area contributed by atoms with E-state index in [4.69, 9.17) is 0 Å². The van der Waals surface area contributed by atoms with Crippen LogP contribution >= 0.6 is 0 Å². The van der Waals surface area contributed by atoms with Crippen LogP contribution in [0.3, 0.4) is 0 Å². The van der Waals surface area contributed by atoms with Crippen LogP contribution < -0.4 is 0 Å². The fourth-order valence-electron chi connectivity index (χ4n) is 3.81. The predicted molar refractivity (Wildman–Crippen MR) is 72.2 cm³/mol. The SMILES string of the molecule is O=[N+]([O-])c1ccc(C23CCC([N+](=O)[O-])(CC2)CC3)cc1. The zero-order valence-electron chi connectivity index (χ0n) is 11.1. The summed E-state index contributed by atoms with van der Waals surface area (Å²) in [7, 11) is 0. The van der Waals surface area contributed by atoms with Crippen molar-refractivity contribution < 1.29 is 9.85 Å². The first-order valence-electron chi connectivity index (χ1n) is 6.87. The zero-order chi connectivity index (χ0) is 14.4. The number of hydrogen-bond acceptors (Lipinski definition) is 4. The number of benzene rings is 1. The van der Waals surface area contributed by atoms with E-state index in [9.17, 15) is 20.2 Å². The topological polar surface area (TPSA) is 86.3 Å². The summed E-state index contributed by atoms with van der Waals surface area (Å²) in [6, 6.07) is 6.72. The van der Waals surface area contributed by atoms with Gasteiger partial charge in [0, 0.05) is 36.3 Å². The van der Waals surface area contributed by atoms with Crippen LogP contribution in [0, 0.1) is 20.2 Å². The fraction of sp³-hybridized carbons (Fsp3) is 0.571. The van der Waals surface area contributed by atoms with E-state index in [0.717, 1.165) is 24.8 Å². The molecule has 0 atom stereocenters. The van der Waals surface area contributed by atoms with Crippen LogP contribution in [-0.4, -0.2) is 15.4 Å². The van der Waals surface area contributed by atoms with Crippen LogP contribution in [0.1, 0.15) is 44.1 Å². The third-order valence-electron chi connectivity index (χ3n) is 5.28. The van der Waals surface area contributed by atoms with Crippen molar-refractivity contribution in [2.24, 2.45) is 0 Å². The van der Waals surface area contributed by atoms with Gasteiger partial charge in [-0.2, -0.15) is 0 Å². The Morgan fingerprint density at radius 1 is 0.850 bits per heavy atom. The second kappa shape index (κ2) is 4.26. The number of non-ortho nitro benzene ring substituents is 1. The third kappa shape index (κ3) is 1.78. The van der Waals surface area contributed by atoms with Crippen molar-refractivity contribution in [3.63, 3.8) is 0 Å². The van der Waals surface area contributed by atoms with Gasteiger partial charge in [0.05, 0.1) is 4.92 Å². The van der Waals surface area contributed by atoms with Gasteiger partial charge in [0.15, 0.2) is 0 Å². The molecule has 2 bridgehead atoms. The van der Waals surface area contributed by atoms with E-state index >= 15 is 0 Å². The Labute approximate surface area is 116 Å². The Balaban J connectivity index is 1.86. The monoisotopic (exact) mass is 276 g/mol. The highest BCUT2D eigenvalue weighted by atomic mass is 16.6. The summed E-state index contributed by atoms with van der Waals surface area (Å²) in [6.45, 7) is 0. The summed E-state index contributed by atoms with van der Waals surface area (Å²) >= 11 is 0. The smallest absolute Gasteiger partial charge is 0.264 e. The van der Waals surface area contributed by atoms with Crippen LogP contribution in [0.2, 0.25) is 0 Å². The van der Waals surface area contributed by atoms with Gasteiger partial charge in [-0.1, -0.05) is 12.1 Å². The molecule has 20 heavy (non-hydrogen) atoms. The van der Waals surface area contributed by atoms with E-state index in [0.29, 0.717) is 19.3 Å². The van der Waals surface area contributed by atoms with Gasteiger partial charge >= 0.3 is 0 Å². The molecule has 3 fully saturated rings. The minimum Gasteiger partial charge on any atom is -0.264 e. The number of nitro groups is 2. The van der Waals surface area contributed by atoms with E-state index in [-0.39, 0.29) is 16.0 Å². The van der Waals surface area contributed by atoms with Gasteiger partial charge in [0.1, 0.15) is 0 Å². The second-order valence-electron chi connectivity index (χ2n) is 6.07. The molecule has 0 saturated heterocycles. The maximum atomic E-state index is 11.2. The summed E-state index contributed by atoms with van der Waals surface area (Å²) in [5.74, 6) is 0. The number of nitro benzene ring substituents is 1. The van der Waals surface area contributed by atoms with E-state index in [1.54, 1.807) is 0 Å². The van der Waals surface area contributed by atoms with Gasteiger partial charge in [-0.05, 0) is 30.2 Å². The number of rotatable bonds is 3. The van der Waals surface area contributed by atoms with Gasteiger partial charge < -0.3 is 0 Å². The summed E-state index contributed by atoms with van der Waals surface area (Å²) in [5, 5.41) is 21.9. The number of nitrogens with zero attached hydrogens (tertiary/aromatic N) is 2. The molecule has 106 valence electrons. The lowest BCUT2D eigenvalue weighted by atomic mass is 9.55. The van der Waals surface area contributed by atoms with Crippen molar-refractivity contribution >= 4 is 5.69 Å². The number of hydrogen-bond donors (Lipinski definition) is 0. The van der Waals surface area contributed by atoms with Crippen molar-refractivity contribution in [3.8, 4) is 0 Å². The summed E-state index contributed by atoms with van der Waals surface area (Å²) in [6.07, 6.45) is 4.30. The molecule has 0 aromatic heterocycles. The molecular formula is C14H16N2O4. The van der Waals surface area contributed by atoms with Crippen molar-refractivity contribution in [2.45, 2.75) is 49.5 Å². The minimum absolute atomic E-state index is 0.00705. The van der Waals surface area contributed by atoms with Crippen LogP contribution in [-0.2, 0) is 5.41 Å². The second-order valence-corrected chi connectivity index (χ2v) is 6.07.